The molecule has 8 heteroatoms. The molecule has 114 valence electrons. The van der Waals surface area contributed by atoms with Gasteiger partial charge in [0, 0.05) is 7.05 Å². The largest absolute Gasteiger partial charge is 0.493 e. The molecule has 1 saturated heterocycles. The molecule has 22 heavy (non-hydrogen) atoms. The van der Waals surface area contributed by atoms with Crippen molar-refractivity contribution < 1.29 is 14.3 Å². The number of nitrogens with zero attached hydrogens (tertiary/aromatic N) is 2. The first-order valence-corrected chi connectivity index (χ1v) is 7.36. The van der Waals surface area contributed by atoms with E-state index in [1.165, 1.54) is 12.0 Å². The van der Waals surface area contributed by atoms with Crippen LogP contribution in [-0.2, 0) is 4.79 Å². The van der Waals surface area contributed by atoms with Gasteiger partial charge in [-0.05, 0) is 51.9 Å². The monoisotopic (exact) mass is 381 g/mol. The number of ether oxygens (including phenoxy) is 2. The van der Waals surface area contributed by atoms with Crippen LogP contribution in [0, 0.1) is 11.3 Å². The number of likely N-dealkylation sites (N-methyl/N-ethyl adjacent to an activating group) is 1. The number of nitriles is 1. The van der Waals surface area contributed by atoms with Crippen molar-refractivity contribution in [3.8, 4) is 17.6 Å². The molecule has 0 aliphatic carbocycles. The van der Waals surface area contributed by atoms with Crippen molar-refractivity contribution in [3.63, 3.8) is 0 Å². The maximum Gasteiger partial charge on any atom is 0.276 e. The number of halogens is 1. The number of nitrogens with one attached hydrogen (secondary N) is 1. The minimum Gasteiger partial charge on any atom is -0.493 e. The van der Waals surface area contributed by atoms with E-state index in [-0.39, 0.29) is 12.5 Å². The predicted molar refractivity (Wildman–Crippen MR) is 88.3 cm³/mol. The Morgan fingerprint density at radius 2 is 2.27 bits per heavy atom. The Labute approximate surface area is 141 Å². The normalized spacial score (nSPS) is 15.7. The molecule has 1 heterocycles. The third-order valence-corrected chi connectivity index (χ3v) is 3.89. The number of thiocarbonyl (C=S) groups is 1. The van der Waals surface area contributed by atoms with Gasteiger partial charge in [-0.1, -0.05) is 0 Å². The van der Waals surface area contributed by atoms with Crippen LogP contribution in [0.2, 0.25) is 0 Å². The second-order valence-corrected chi connectivity index (χ2v) is 5.57. The van der Waals surface area contributed by atoms with E-state index in [9.17, 15) is 4.79 Å². The van der Waals surface area contributed by atoms with E-state index in [2.05, 4.69) is 21.2 Å². The van der Waals surface area contributed by atoms with Gasteiger partial charge in [0.15, 0.2) is 23.2 Å². The Morgan fingerprint density at radius 3 is 2.82 bits per heavy atom. The topological polar surface area (TPSA) is 74.6 Å². The molecule has 0 saturated carbocycles. The summed E-state index contributed by atoms with van der Waals surface area (Å²) in [5.74, 6) is 0.687. The van der Waals surface area contributed by atoms with Crippen LogP contribution in [0.4, 0.5) is 0 Å². The van der Waals surface area contributed by atoms with E-state index in [4.69, 9.17) is 27.0 Å². The number of carbonyl (C=O) groups is 1. The van der Waals surface area contributed by atoms with E-state index in [0.717, 1.165) is 5.56 Å². The summed E-state index contributed by atoms with van der Waals surface area (Å²) >= 11 is 8.40. The number of amides is 1. The number of hydrogen-bond acceptors (Lipinski definition) is 5. The van der Waals surface area contributed by atoms with Gasteiger partial charge >= 0.3 is 0 Å². The van der Waals surface area contributed by atoms with Crippen molar-refractivity contribution in [2.24, 2.45) is 0 Å². The molecule has 0 bridgehead atoms. The molecule has 0 unspecified atom stereocenters. The Bertz CT molecular complexity index is 712. The summed E-state index contributed by atoms with van der Waals surface area (Å²) in [4.78, 5) is 13.3. The molecular weight excluding hydrogens is 370 g/mol. The van der Waals surface area contributed by atoms with Crippen molar-refractivity contribution in [1.29, 1.82) is 5.26 Å². The molecule has 1 amide bonds. The van der Waals surface area contributed by atoms with Crippen LogP contribution in [0.5, 0.6) is 11.5 Å². The second kappa shape index (κ2) is 6.77. The van der Waals surface area contributed by atoms with E-state index in [1.807, 2.05) is 6.07 Å². The standard InChI is InChI=1S/C14H12BrN3O3S/c1-18-13(19)10(17-14(18)22)6-8-5-9(15)12(21-4-3-16)11(7-8)20-2/h5-7H,4H2,1-2H3,(H,17,22)/b10-6-. The van der Waals surface area contributed by atoms with Crippen LogP contribution < -0.4 is 14.8 Å². The molecule has 1 aromatic rings. The molecule has 0 spiro atoms. The summed E-state index contributed by atoms with van der Waals surface area (Å²) in [7, 11) is 3.10. The average Bonchev–Trinajstić information content (AvgIpc) is 2.73. The number of hydrogen-bond donors (Lipinski definition) is 1. The van der Waals surface area contributed by atoms with Gasteiger partial charge in [-0.3, -0.25) is 9.69 Å². The molecule has 0 aromatic heterocycles. The lowest BCUT2D eigenvalue weighted by atomic mass is 10.1. The highest BCUT2D eigenvalue weighted by Crippen LogP contribution is 2.37. The summed E-state index contributed by atoms with van der Waals surface area (Å²) in [6.45, 7) is -0.0888. The van der Waals surface area contributed by atoms with E-state index >= 15 is 0 Å². The fourth-order valence-electron chi connectivity index (χ4n) is 1.86. The maximum atomic E-state index is 12.0. The number of benzene rings is 1. The van der Waals surface area contributed by atoms with Crippen LogP contribution in [-0.4, -0.2) is 36.7 Å². The fraction of sp³-hybridized carbons (Fsp3) is 0.214. The number of rotatable bonds is 4. The van der Waals surface area contributed by atoms with Crippen LogP contribution in [0.1, 0.15) is 5.56 Å². The minimum absolute atomic E-state index is 0.0888. The third kappa shape index (κ3) is 3.21. The zero-order valence-electron chi connectivity index (χ0n) is 11.8. The first-order valence-electron chi connectivity index (χ1n) is 6.16. The zero-order chi connectivity index (χ0) is 16.3. The van der Waals surface area contributed by atoms with Crippen LogP contribution >= 0.6 is 28.1 Å². The van der Waals surface area contributed by atoms with Gasteiger partial charge in [0.1, 0.15) is 11.8 Å². The predicted octanol–water partition coefficient (Wildman–Crippen LogP) is 2.05. The van der Waals surface area contributed by atoms with E-state index in [0.29, 0.717) is 26.8 Å². The van der Waals surface area contributed by atoms with Crippen LogP contribution in [0.3, 0.4) is 0 Å². The molecule has 0 atom stereocenters. The van der Waals surface area contributed by atoms with Gasteiger partial charge in [0.25, 0.3) is 5.91 Å². The van der Waals surface area contributed by atoms with Gasteiger partial charge in [-0.2, -0.15) is 5.26 Å². The van der Waals surface area contributed by atoms with Crippen LogP contribution in [0.25, 0.3) is 6.08 Å². The molecule has 1 aliphatic heterocycles. The molecule has 1 N–H and O–H groups in total. The van der Waals surface area contributed by atoms with Gasteiger partial charge in [-0.15, -0.1) is 0 Å². The van der Waals surface area contributed by atoms with E-state index in [1.54, 1.807) is 25.3 Å². The van der Waals surface area contributed by atoms with Gasteiger partial charge in [0.05, 0.1) is 11.6 Å². The molecule has 1 aromatic carbocycles. The van der Waals surface area contributed by atoms with Crippen LogP contribution in [0.15, 0.2) is 22.3 Å². The lowest BCUT2D eigenvalue weighted by Crippen LogP contribution is -2.25. The summed E-state index contributed by atoms with van der Waals surface area (Å²) in [6, 6.07) is 5.37. The zero-order valence-corrected chi connectivity index (χ0v) is 14.2. The molecular formula is C14H12BrN3O3S. The van der Waals surface area contributed by atoms with Crippen molar-refractivity contribution >= 4 is 45.2 Å². The Kier molecular flexibility index (Phi) is 5.00. The first-order chi connectivity index (χ1) is 10.5. The summed E-state index contributed by atoms with van der Waals surface area (Å²) in [6.07, 6.45) is 1.67. The quantitative estimate of drug-likeness (QED) is 0.635. The number of carbonyl (C=O) groups excluding carboxylic acids is 1. The summed E-state index contributed by atoms with van der Waals surface area (Å²) in [5.41, 5.74) is 1.11. The maximum absolute atomic E-state index is 12.0. The van der Waals surface area contributed by atoms with Gasteiger partial charge in [0.2, 0.25) is 0 Å². The Hall–Kier alpha value is -2.11. The molecule has 0 radical (unpaired) electrons. The highest BCUT2D eigenvalue weighted by Gasteiger charge is 2.27. The lowest BCUT2D eigenvalue weighted by molar-refractivity contribution is -0.121. The summed E-state index contributed by atoms with van der Waals surface area (Å²) in [5, 5.41) is 11.8. The fourth-order valence-corrected chi connectivity index (χ4v) is 2.62. The summed E-state index contributed by atoms with van der Waals surface area (Å²) < 4.78 is 11.2. The molecule has 6 nitrogen and oxygen atoms in total. The molecule has 2 rings (SSSR count). The first kappa shape index (κ1) is 16.3. The van der Waals surface area contributed by atoms with Crippen molar-refractivity contribution in [1.82, 2.24) is 10.2 Å². The SMILES string of the molecule is COc1cc(/C=C2\NC(=S)N(C)C2=O)cc(Br)c1OCC#N. The van der Waals surface area contributed by atoms with Crippen molar-refractivity contribution in [2.45, 2.75) is 0 Å². The Balaban J connectivity index is 2.38. The average molecular weight is 382 g/mol. The molecule has 1 aliphatic rings. The lowest BCUT2D eigenvalue weighted by Gasteiger charge is -2.11. The van der Waals surface area contributed by atoms with Crippen molar-refractivity contribution in [2.75, 3.05) is 20.8 Å². The van der Waals surface area contributed by atoms with E-state index < -0.39 is 0 Å². The highest BCUT2D eigenvalue weighted by molar-refractivity contribution is 9.10. The second-order valence-electron chi connectivity index (χ2n) is 4.33. The molecule has 1 fully saturated rings. The smallest absolute Gasteiger partial charge is 0.276 e. The minimum atomic E-state index is -0.204. The van der Waals surface area contributed by atoms with Gasteiger partial charge < -0.3 is 14.8 Å². The number of methoxy groups -OCH3 is 1. The highest BCUT2D eigenvalue weighted by atomic mass is 79.9. The van der Waals surface area contributed by atoms with Gasteiger partial charge in [-0.25, -0.2) is 0 Å². The Morgan fingerprint density at radius 1 is 1.55 bits per heavy atom. The van der Waals surface area contributed by atoms with Crippen molar-refractivity contribution in [3.05, 3.63) is 27.9 Å². The third-order valence-electron chi connectivity index (χ3n) is 2.93.